The molecule has 0 aromatic carbocycles. The minimum absolute atomic E-state index is 0.480. The van der Waals surface area contributed by atoms with Crippen LogP contribution in [0, 0.1) is 5.92 Å². The van der Waals surface area contributed by atoms with Crippen LogP contribution in [0.4, 0.5) is 0 Å². The number of carboxylic acids is 1. The SMILES string of the molecule is CCCCC(C(=O)O)C(C)(O)CC. The lowest BCUT2D eigenvalue weighted by molar-refractivity contribution is -0.151. The zero-order valence-corrected chi connectivity index (χ0v) is 8.71. The highest BCUT2D eigenvalue weighted by Gasteiger charge is 2.34. The number of hydrogen-bond acceptors (Lipinski definition) is 2. The highest BCUT2D eigenvalue weighted by atomic mass is 16.4. The van der Waals surface area contributed by atoms with Gasteiger partial charge in [0.1, 0.15) is 0 Å². The second-order valence-electron chi connectivity index (χ2n) is 3.74. The minimum atomic E-state index is -1.07. The molecule has 3 heteroatoms. The van der Waals surface area contributed by atoms with Crippen molar-refractivity contribution in [3.05, 3.63) is 0 Å². The fraction of sp³-hybridized carbons (Fsp3) is 0.900. The smallest absolute Gasteiger partial charge is 0.309 e. The molecule has 0 radical (unpaired) electrons. The molecule has 0 spiro atoms. The quantitative estimate of drug-likeness (QED) is 0.670. The third kappa shape index (κ3) is 3.77. The molecule has 0 saturated heterocycles. The summed E-state index contributed by atoms with van der Waals surface area (Å²) in [5.41, 5.74) is -1.07. The summed E-state index contributed by atoms with van der Waals surface area (Å²) >= 11 is 0. The molecule has 13 heavy (non-hydrogen) atoms. The largest absolute Gasteiger partial charge is 0.481 e. The Balaban J connectivity index is 4.32. The van der Waals surface area contributed by atoms with Gasteiger partial charge in [0.05, 0.1) is 11.5 Å². The van der Waals surface area contributed by atoms with Crippen LogP contribution in [0.1, 0.15) is 46.5 Å². The van der Waals surface area contributed by atoms with Crippen LogP contribution in [0.2, 0.25) is 0 Å². The second-order valence-corrected chi connectivity index (χ2v) is 3.74. The first-order valence-electron chi connectivity index (χ1n) is 4.90. The number of rotatable bonds is 6. The van der Waals surface area contributed by atoms with Gasteiger partial charge in [-0.05, 0) is 19.8 Å². The lowest BCUT2D eigenvalue weighted by Gasteiger charge is -2.28. The van der Waals surface area contributed by atoms with E-state index in [-0.39, 0.29) is 0 Å². The number of aliphatic carboxylic acids is 1. The van der Waals surface area contributed by atoms with E-state index >= 15 is 0 Å². The second kappa shape index (κ2) is 5.22. The van der Waals surface area contributed by atoms with Crippen LogP contribution in [0.15, 0.2) is 0 Å². The van der Waals surface area contributed by atoms with E-state index in [1.807, 2.05) is 13.8 Å². The van der Waals surface area contributed by atoms with E-state index in [9.17, 15) is 9.90 Å². The molecule has 0 bridgehead atoms. The zero-order chi connectivity index (χ0) is 10.5. The highest BCUT2D eigenvalue weighted by Crippen LogP contribution is 2.25. The Kier molecular flexibility index (Phi) is 4.99. The van der Waals surface area contributed by atoms with Crippen LogP contribution < -0.4 is 0 Å². The summed E-state index contributed by atoms with van der Waals surface area (Å²) in [6.45, 7) is 5.42. The zero-order valence-electron chi connectivity index (χ0n) is 8.71. The summed E-state index contributed by atoms with van der Waals surface area (Å²) in [5.74, 6) is -1.52. The summed E-state index contributed by atoms with van der Waals surface area (Å²) in [7, 11) is 0. The van der Waals surface area contributed by atoms with E-state index in [2.05, 4.69) is 0 Å². The third-order valence-electron chi connectivity index (χ3n) is 2.61. The molecular weight excluding hydrogens is 168 g/mol. The van der Waals surface area contributed by atoms with Gasteiger partial charge in [-0.3, -0.25) is 4.79 Å². The monoisotopic (exact) mass is 188 g/mol. The molecule has 0 rings (SSSR count). The number of unbranched alkanes of at least 4 members (excludes halogenated alkanes) is 1. The van der Waals surface area contributed by atoms with Crippen molar-refractivity contribution in [1.82, 2.24) is 0 Å². The third-order valence-corrected chi connectivity index (χ3v) is 2.61. The normalized spacial score (nSPS) is 17.8. The summed E-state index contributed by atoms with van der Waals surface area (Å²) in [6, 6.07) is 0. The van der Waals surface area contributed by atoms with Crippen molar-refractivity contribution < 1.29 is 15.0 Å². The molecule has 0 aromatic rings. The molecule has 2 atom stereocenters. The first kappa shape index (κ1) is 12.4. The van der Waals surface area contributed by atoms with E-state index in [4.69, 9.17) is 5.11 Å². The molecule has 0 aliphatic carbocycles. The number of aliphatic hydroxyl groups is 1. The molecule has 78 valence electrons. The average molecular weight is 188 g/mol. The summed E-state index contributed by atoms with van der Waals surface area (Å²) < 4.78 is 0. The maximum Gasteiger partial charge on any atom is 0.309 e. The molecular formula is C10H20O3. The van der Waals surface area contributed by atoms with Gasteiger partial charge in [0, 0.05) is 0 Å². The predicted molar refractivity (Wildman–Crippen MR) is 51.6 cm³/mol. The van der Waals surface area contributed by atoms with Gasteiger partial charge in [-0.25, -0.2) is 0 Å². The van der Waals surface area contributed by atoms with Crippen molar-refractivity contribution in [3.63, 3.8) is 0 Å². The summed E-state index contributed by atoms with van der Waals surface area (Å²) in [5, 5.41) is 18.7. The Labute approximate surface area is 79.8 Å². The summed E-state index contributed by atoms with van der Waals surface area (Å²) in [6.07, 6.45) is 2.86. The highest BCUT2D eigenvalue weighted by molar-refractivity contribution is 5.71. The maximum absolute atomic E-state index is 10.9. The number of carboxylic acid groups (broad SMARTS) is 1. The number of hydrogen-bond donors (Lipinski definition) is 2. The molecule has 3 nitrogen and oxygen atoms in total. The topological polar surface area (TPSA) is 57.5 Å². The van der Waals surface area contributed by atoms with Crippen molar-refractivity contribution in [1.29, 1.82) is 0 Å². The Morgan fingerprint density at radius 2 is 2.00 bits per heavy atom. The molecule has 0 heterocycles. The van der Waals surface area contributed by atoms with Crippen LogP contribution in [0.5, 0.6) is 0 Å². The molecule has 0 aliphatic heterocycles. The Morgan fingerprint density at radius 3 is 2.31 bits per heavy atom. The van der Waals surface area contributed by atoms with Crippen molar-refractivity contribution in [3.8, 4) is 0 Å². The van der Waals surface area contributed by atoms with Gasteiger partial charge in [-0.1, -0.05) is 26.7 Å². The van der Waals surface area contributed by atoms with Crippen LogP contribution in [0.3, 0.4) is 0 Å². The molecule has 0 saturated carbocycles. The Bertz CT molecular complexity index is 164. The fourth-order valence-electron chi connectivity index (χ4n) is 1.36. The van der Waals surface area contributed by atoms with Crippen LogP contribution in [0.25, 0.3) is 0 Å². The molecule has 0 fully saturated rings. The lowest BCUT2D eigenvalue weighted by atomic mass is 9.83. The van der Waals surface area contributed by atoms with Crippen molar-refractivity contribution >= 4 is 5.97 Å². The lowest BCUT2D eigenvalue weighted by Crippen LogP contribution is -2.39. The Morgan fingerprint density at radius 1 is 1.46 bits per heavy atom. The van der Waals surface area contributed by atoms with Crippen LogP contribution >= 0.6 is 0 Å². The fourth-order valence-corrected chi connectivity index (χ4v) is 1.36. The van der Waals surface area contributed by atoms with Crippen LogP contribution in [-0.2, 0) is 4.79 Å². The van der Waals surface area contributed by atoms with Crippen molar-refractivity contribution in [2.45, 2.75) is 52.1 Å². The standard InChI is InChI=1S/C10H20O3/c1-4-6-7-8(9(11)12)10(3,13)5-2/h8,13H,4-7H2,1-3H3,(H,11,12). The maximum atomic E-state index is 10.9. The van der Waals surface area contributed by atoms with Gasteiger partial charge >= 0.3 is 5.97 Å². The Hall–Kier alpha value is -0.570. The van der Waals surface area contributed by atoms with Gasteiger partial charge in [-0.15, -0.1) is 0 Å². The van der Waals surface area contributed by atoms with E-state index < -0.39 is 17.5 Å². The van der Waals surface area contributed by atoms with E-state index in [1.165, 1.54) is 0 Å². The van der Waals surface area contributed by atoms with Crippen LogP contribution in [-0.4, -0.2) is 21.8 Å². The van der Waals surface area contributed by atoms with E-state index in [1.54, 1.807) is 6.92 Å². The van der Waals surface area contributed by atoms with Gasteiger partial charge in [0.2, 0.25) is 0 Å². The first-order valence-corrected chi connectivity index (χ1v) is 4.90. The molecule has 0 amide bonds. The van der Waals surface area contributed by atoms with Gasteiger partial charge in [0.15, 0.2) is 0 Å². The number of carbonyl (C=O) groups is 1. The van der Waals surface area contributed by atoms with E-state index in [0.29, 0.717) is 12.8 Å². The molecule has 0 aromatic heterocycles. The van der Waals surface area contributed by atoms with Crippen molar-refractivity contribution in [2.24, 2.45) is 5.92 Å². The molecule has 0 aliphatic rings. The summed E-state index contributed by atoms with van der Waals surface area (Å²) in [4.78, 5) is 10.9. The van der Waals surface area contributed by atoms with Gasteiger partial charge in [0.25, 0.3) is 0 Å². The van der Waals surface area contributed by atoms with Gasteiger partial charge in [-0.2, -0.15) is 0 Å². The molecule has 2 unspecified atom stereocenters. The predicted octanol–water partition coefficient (Wildman–Crippen LogP) is 2.04. The van der Waals surface area contributed by atoms with Crippen molar-refractivity contribution in [2.75, 3.05) is 0 Å². The van der Waals surface area contributed by atoms with E-state index in [0.717, 1.165) is 12.8 Å². The van der Waals surface area contributed by atoms with Gasteiger partial charge < -0.3 is 10.2 Å². The first-order chi connectivity index (χ1) is 5.95. The molecule has 2 N–H and O–H groups in total. The average Bonchev–Trinajstić information content (AvgIpc) is 2.04. The minimum Gasteiger partial charge on any atom is -0.481 e.